The molecule has 0 bridgehead atoms. The number of hydrogen-bond acceptors (Lipinski definition) is 6. The van der Waals surface area contributed by atoms with Gasteiger partial charge in [-0.15, -0.1) is 6.58 Å². The van der Waals surface area contributed by atoms with E-state index in [-0.39, 0.29) is 5.91 Å². The van der Waals surface area contributed by atoms with E-state index in [2.05, 4.69) is 16.6 Å². The molecule has 1 saturated heterocycles. The van der Waals surface area contributed by atoms with E-state index in [9.17, 15) is 4.79 Å². The van der Waals surface area contributed by atoms with Crippen molar-refractivity contribution in [2.45, 2.75) is 6.92 Å². The number of carbonyl (C=O) groups is 1. The van der Waals surface area contributed by atoms with Gasteiger partial charge in [0.05, 0.1) is 19.1 Å². The summed E-state index contributed by atoms with van der Waals surface area (Å²) in [6, 6.07) is 11.1. The Balaban J connectivity index is 2.01. The molecule has 6 nitrogen and oxygen atoms in total. The maximum absolute atomic E-state index is 12.9. The van der Waals surface area contributed by atoms with Gasteiger partial charge < -0.3 is 9.47 Å². The van der Waals surface area contributed by atoms with Crippen LogP contribution < -0.4 is 9.47 Å². The molecule has 2 aromatic rings. The molecule has 1 aromatic carbocycles. The molecule has 1 fully saturated rings. The lowest BCUT2D eigenvalue weighted by Crippen LogP contribution is -2.29. The van der Waals surface area contributed by atoms with Gasteiger partial charge in [0.15, 0.2) is 22.5 Å². The normalized spacial score (nSPS) is 16.7. The second-order valence-corrected chi connectivity index (χ2v) is 6.94. The molecular weight excluding hydrogens is 374 g/mol. The number of thioether (sulfide) groups is 1. The van der Waals surface area contributed by atoms with Gasteiger partial charge in [0.25, 0.3) is 5.91 Å². The van der Waals surface area contributed by atoms with E-state index in [0.29, 0.717) is 33.9 Å². The predicted octanol–water partition coefficient (Wildman–Crippen LogP) is 4.20. The van der Waals surface area contributed by atoms with Crippen molar-refractivity contribution in [3.63, 3.8) is 0 Å². The predicted molar refractivity (Wildman–Crippen MR) is 113 cm³/mol. The fraction of sp³-hybridized carbons (Fsp3) is 0.190. The average molecular weight is 395 g/mol. The van der Waals surface area contributed by atoms with Crippen LogP contribution >= 0.6 is 11.8 Å². The summed E-state index contributed by atoms with van der Waals surface area (Å²) in [6.07, 6.45) is 3.46. The summed E-state index contributed by atoms with van der Waals surface area (Å²) in [5, 5.41) is 0.566. The zero-order valence-corrected chi connectivity index (χ0v) is 16.8. The molecule has 0 spiro atoms. The SMILES string of the molecule is C=CCN1C(=O)/C(=C/c2cccc(OC)c2OC)S/C1=N/c1cccc(C)n1. The van der Waals surface area contributed by atoms with E-state index in [1.54, 1.807) is 31.3 Å². The number of rotatable bonds is 6. The lowest BCUT2D eigenvalue weighted by atomic mass is 10.1. The van der Waals surface area contributed by atoms with Crippen LogP contribution in [-0.2, 0) is 4.79 Å². The molecule has 28 heavy (non-hydrogen) atoms. The van der Waals surface area contributed by atoms with Crippen molar-refractivity contribution >= 4 is 34.7 Å². The van der Waals surface area contributed by atoms with E-state index in [0.717, 1.165) is 11.3 Å². The summed E-state index contributed by atoms with van der Waals surface area (Å²) in [7, 11) is 3.15. The number of aryl methyl sites for hydroxylation is 1. The van der Waals surface area contributed by atoms with Gasteiger partial charge in [-0.3, -0.25) is 9.69 Å². The Morgan fingerprint density at radius 3 is 2.68 bits per heavy atom. The van der Waals surface area contributed by atoms with Gasteiger partial charge in [0.1, 0.15) is 0 Å². The highest BCUT2D eigenvalue weighted by Crippen LogP contribution is 2.37. The molecule has 7 heteroatoms. The lowest BCUT2D eigenvalue weighted by Gasteiger charge is -2.12. The molecule has 0 radical (unpaired) electrons. The van der Waals surface area contributed by atoms with Crippen molar-refractivity contribution in [2.75, 3.05) is 20.8 Å². The first-order chi connectivity index (χ1) is 13.6. The van der Waals surface area contributed by atoms with Gasteiger partial charge in [-0.05, 0) is 43.0 Å². The van der Waals surface area contributed by atoms with Gasteiger partial charge in [-0.25, -0.2) is 9.98 Å². The smallest absolute Gasteiger partial charge is 0.267 e. The summed E-state index contributed by atoms with van der Waals surface area (Å²) < 4.78 is 10.8. The van der Waals surface area contributed by atoms with Gasteiger partial charge in [0, 0.05) is 17.8 Å². The molecule has 0 saturated carbocycles. The summed E-state index contributed by atoms with van der Waals surface area (Å²) in [5.74, 6) is 1.60. The number of methoxy groups -OCH3 is 2. The number of hydrogen-bond donors (Lipinski definition) is 0. The zero-order valence-electron chi connectivity index (χ0n) is 16.0. The van der Waals surface area contributed by atoms with Crippen molar-refractivity contribution < 1.29 is 14.3 Å². The molecule has 2 heterocycles. The molecular formula is C21H21N3O3S. The molecule has 1 aliphatic heterocycles. The molecule has 0 unspecified atom stereocenters. The Kier molecular flexibility index (Phi) is 6.16. The van der Waals surface area contributed by atoms with E-state index >= 15 is 0 Å². The maximum Gasteiger partial charge on any atom is 0.267 e. The number of amidine groups is 1. The molecule has 3 rings (SSSR count). The fourth-order valence-corrected chi connectivity index (χ4v) is 3.72. The number of pyridine rings is 1. The van der Waals surface area contributed by atoms with Gasteiger partial charge in [0.2, 0.25) is 0 Å². The van der Waals surface area contributed by atoms with Crippen LogP contribution in [-0.4, -0.2) is 41.7 Å². The van der Waals surface area contributed by atoms with E-state index in [4.69, 9.17) is 9.47 Å². The Morgan fingerprint density at radius 2 is 2.00 bits per heavy atom. The summed E-state index contributed by atoms with van der Waals surface area (Å²) in [6.45, 7) is 6.01. The fourth-order valence-electron chi connectivity index (χ4n) is 2.74. The number of para-hydroxylation sites is 1. The lowest BCUT2D eigenvalue weighted by molar-refractivity contribution is -0.121. The largest absolute Gasteiger partial charge is 0.493 e. The van der Waals surface area contributed by atoms with Crippen molar-refractivity contribution in [2.24, 2.45) is 4.99 Å². The minimum Gasteiger partial charge on any atom is -0.493 e. The number of aliphatic imine (C=N–C) groups is 1. The second-order valence-electron chi connectivity index (χ2n) is 5.93. The van der Waals surface area contributed by atoms with Crippen LogP contribution in [0.1, 0.15) is 11.3 Å². The van der Waals surface area contributed by atoms with Crippen LogP contribution in [0.5, 0.6) is 11.5 Å². The summed E-state index contributed by atoms with van der Waals surface area (Å²) >= 11 is 1.30. The van der Waals surface area contributed by atoms with Crippen LogP contribution in [0, 0.1) is 6.92 Å². The van der Waals surface area contributed by atoms with Gasteiger partial charge >= 0.3 is 0 Å². The Labute approximate surface area is 168 Å². The molecule has 1 aliphatic rings. The summed E-state index contributed by atoms with van der Waals surface area (Å²) in [5.41, 5.74) is 1.62. The number of aromatic nitrogens is 1. The van der Waals surface area contributed by atoms with Crippen LogP contribution in [0.15, 0.2) is 59.0 Å². The zero-order chi connectivity index (χ0) is 20.1. The number of ether oxygens (including phenoxy) is 2. The van der Waals surface area contributed by atoms with Crippen LogP contribution in [0.3, 0.4) is 0 Å². The third-order valence-corrected chi connectivity index (χ3v) is 5.01. The molecule has 0 N–H and O–H groups in total. The van der Waals surface area contributed by atoms with Gasteiger partial charge in [-0.1, -0.05) is 24.3 Å². The maximum atomic E-state index is 12.9. The third-order valence-electron chi connectivity index (χ3n) is 4.00. The molecule has 1 amide bonds. The molecule has 0 atom stereocenters. The Hall–Kier alpha value is -3.06. The number of carbonyl (C=O) groups excluding carboxylic acids is 1. The van der Waals surface area contributed by atoms with E-state index in [1.165, 1.54) is 11.8 Å². The topological polar surface area (TPSA) is 64.0 Å². The Morgan fingerprint density at radius 1 is 1.21 bits per heavy atom. The first kappa shape index (κ1) is 19.7. The third kappa shape index (κ3) is 4.09. The van der Waals surface area contributed by atoms with Crippen LogP contribution in [0.25, 0.3) is 6.08 Å². The van der Waals surface area contributed by atoms with E-state index < -0.39 is 0 Å². The summed E-state index contributed by atoms with van der Waals surface area (Å²) in [4.78, 5) is 24.0. The number of benzene rings is 1. The highest BCUT2D eigenvalue weighted by Gasteiger charge is 2.33. The minimum absolute atomic E-state index is 0.138. The minimum atomic E-state index is -0.138. The second kappa shape index (κ2) is 8.75. The van der Waals surface area contributed by atoms with Crippen LogP contribution in [0.2, 0.25) is 0 Å². The monoisotopic (exact) mass is 395 g/mol. The number of nitrogens with zero attached hydrogens (tertiary/aromatic N) is 3. The highest BCUT2D eigenvalue weighted by atomic mass is 32.2. The first-order valence-electron chi connectivity index (χ1n) is 8.63. The van der Waals surface area contributed by atoms with Crippen molar-refractivity contribution in [1.82, 2.24) is 9.88 Å². The van der Waals surface area contributed by atoms with Crippen molar-refractivity contribution in [3.8, 4) is 11.5 Å². The molecule has 0 aliphatic carbocycles. The average Bonchev–Trinajstić information content (AvgIpc) is 2.97. The molecule has 144 valence electrons. The quantitative estimate of drug-likeness (QED) is 0.542. The standard InChI is InChI=1S/C21H21N3O3S/c1-5-12-24-20(25)17(13-15-9-7-10-16(26-3)19(15)27-4)28-21(24)23-18-11-6-8-14(2)22-18/h5-11,13H,1,12H2,2-4H3/b17-13-,23-21+. The van der Waals surface area contributed by atoms with E-state index in [1.807, 2.05) is 43.3 Å². The highest BCUT2D eigenvalue weighted by molar-refractivity contribution is 8.18. The van der Waals surface area contributed by atoms with Crippen LogP contribution in [0.4, 0.5) is 5.82 Å². The van der Waals surface area contributed by atoms with Crippen molar-refractivity contribution in [1.29, 1.82) is 0 Å². The number of amides is 1. The van der Waals surface area contributed by atoms with Gasteiger partial charge in [-0.2, -0.15) is 0 Å². The van der Waals surface area contributed by atoms with Crippen molar-refractivity contribution in [3.05, 3.63) is 65.2 Å². The first-order valence-corrected chi connectivity index (χ1v) is 9.44. The Bertz CT molecular complexity index is 969. The molecule has 1 aromatic heterocycles.